The molecule has 0 radical (unpaired) electrons. The quantitative estimate of drug-likeness (QED) is 0.722. The molecule has 0 aromatic heterocycles. The fourth-order valence-corrected chi connectivity index (χ4v) is 2.92. The summed E-state index contributed by atoms with van der Waals surface area (Å²) in [5.74, 6) is 0.262. The average Bonchev–Trinajstić information content (AvgIpc) is 2.68. The molecule has 0 aliphatic carbocycles. The first-order valence-electron chi connectivity index (χ1n) is 6.19. The Morgan fingerprint density at radius 3 is 2.24 bits per heavy atom. The molecule has 1 aliphatic heterocycles. The van der Waals surface area contributed by atoms with Crippen LogP contribution >= 0.6 is 0 Å². The van der Waals surface area contributed by atoms with E-state index in [2.05, 4.69) is 4.90 Å². The summed E-state index contributed by atoms with van der Waals surface area (Å²) >= 11 is 0. The molecule has 1 heterocycles. The van der Waals surface area contributed by atoms with Crippen LogP contribution in [-0.2, 0) is 14.6 Å². The van der Waals surface area contributed by atoms with Gasteiger partial charge in [-0.3, -0.25) is 9.69 Å². The Kier molecular flexibility index (Phi) is 4.72. The third-order valence-corrected chi connectivity index (χ3v) is 4.53. The molecule has 0 N–H and O–H groups in total. The number of ketones is 1. The predicted octanol–water partition coefficient (Wildman–Crippen LogP) is 1.25. The van der Waals surface area contributed by atoms with Crippen LogP contribution in [0.15, 0.2) is 0 Å². The minimum Gasteiger partial charge on any atom is -0.298 e. The number of hydrogen-bond acceptors (Lipinski definition) is 4. The van der Waals surface area contributed by atoms with Crippen LogP contribution in [0.3, 0.4) is 0 Å². The van der Waals surface area contributed by atoms with Crippen molar-refractivity contribution in [1.82, 2.24) is 4.90 Å². The summed E-state index contributed by atoms with van der Waals surface area (Å²) in [6, 6.07) is 0. The minimum absolute atomic E-state index is 0.106. The number of rotatable bonds is 6. The summed E-state index contributed by atoms with van der Waals surface area (Å²) in [6.07, 6.45) is 4.31. The van der Waals surface area contributed by atoms with E-state index < -0.39 is 15.4 Å². The molecule has 0 unspecified atom stereocenters. The van der Waals surface area contributed by atoms with Crippen molar-refractivity contribution in [3.05, 3.63) is 0 Å². The lowest BCUT2D eigenvalue weighted by atomic mass is 9.94. The topological polar surface area (TPSA) is 54.5 Å². The van der Waals surface area contributed by atoms with Crippen LogP contribution in [0, 0.1) is 0 Å². The van der Waals surface area contributed by atoms with E-state index in [1.54, 1.807) is 0 Å². The highest BCUT2D eigenvalue weighted by atomic mass is 32.2. The summed E-state index contributed by atoms with van der Waals surface area (Å²) in [6.45, 7) is 5.85. The van der Waals surface area contributed by atoms with Crippen molar-refractivity contribution in [3.8, 4) is 0 Å². The Balaban J connectivity index is 2.45. The minimum atomic E-state index is -2.95. The maximum Gasteiger partial charge on any atom is 0.152 e. The van der Waals surface area contributed by atoms with Gasteiger partial charge >= 0.3 is 0 Å². The Morgan fingerprint density at radius 2 is 1.76 bits per heavy atom. The van der Waals surface area contributed by atoms with Crippen molar-refractivity contribution in [2.24, 2.45) is 0 Å². The van der Waals surface area contributed by atoms with E-state index >= 15 is 0 Å². The van der Waals surface area contributed by atoms with Gasteiger partial charge in [0.15, 0.2) is 5.78 Å². The van der Waals surface area contributed by atoms with Crippen molar-refractivity contribution in [1.29, 1.82) is 0 Å². The van der Waals surface area contributed by atoms with Gasteiger partial charge in [-0.1, -0.05) is 0 Å². The van der Waals surface area contributed by atoms with E-state index in [-0.39, 0.29) is 11.5 Å². The molecule has 5 heteroatoms. The molecule has 1 saturated heterocycles. The lowest BCUT2D eigenvalue weighted by molar-refractivity contribution is -0.128. The molecule has 0 bridgehead atoms. The fourth-order valence-electron chi connectivity index (χ4n) is 2.25. The van der Waals surface area contributed by atoms with Gasteiger partial charge in [-0.2, -0.15) is 0 Å². The lowest BCUT2D eigenvalue weighted by Crippen LogP contribution is -2.48. The maximum atomic E-state index is 12.1. The Morgan fingerprint density at radius 1 is 1.24 bits per heavy atom. The Labute approximate surface area is 104 Å². The molecule has 0 aromatic rings. The van der Waals surface area contributed by atoms with Gasteiger partial charge in [0.2, 0.25) is 0 Å². The van der Waals surface area contributed by atoms with Crippen LogP contribution in [0.2, 0.25) is 0 Å². The molecule has 17 heavy (non-hydrogen) atoms. The fraction of sp³-hybridized carbons (Fsp3) is 0.917. The number of sulfone groups is 1. The second kappa shape index (κ2) is 5.48. The van der Waals surface area contributed by atoms with Crippen molar-refractivity contribution in [3.63, 3.8) is 0 Å². The maximum absolute atomic E-state index is 12.1. The van der Waals surface area contributed by atoms with Gasteiger partial charge in [-0.05, 0) is 46.2 Å². The molecule has 0 atom stereocenters. The van der Waals surface area contributed by atoms with Crippen molar-refractivity contribution in [2.75, 3.05) is 25.1 Å². The summed E-state index contributed by atoms with van der Waals surface area (Å²) in [4.78, 5) is 14.3. The van der Waals surface area contributed by atoms with Crippen LogP contribution in [0.5, 0.6) is 0 Å². The third-order valence-electron chi connectivity index (χ3n) is 3.50. The molecule has 4 nitrogen and oxygen atoms in total. The van der Waals surface area contributed by atoms with Gasteiger partial charge in [0.05, 0.1) is 11.3 Å². The molecular formula is C12H23NO3S. The molecular weight excluding hydrogens is 238 g/mol. The van der Waals surface area contributed by atoms with Gasteiger partial charge in [0.25, 0.3) is 0 Å². The first-order chi connectivity index (χ1) is 7.73. The largest absolute Gasteiger partial charge is 0.298 e. The molecule has 1 rings (SSSR count). The number of likely N-dealkylation sites (tertiary alicyclic amines) is 1. The van der Waals surface area contributed by atoms with E-state index in [4.69, 9.17) is 0 Å². The van der Waals surface area contributed by atoms with Gasteiger partial charge < -0.3 is 0 Å². The first kappa shape index (κ1) is 14.6. The summed E-state index contributed by atoms with van der Waals surface area (Å²) < 4.78 is 22.0. The second-order valence-corrected chi connectivity index (χ2v) is 7.67. The van der Waals surface area contributed by atoms with Gasteiger partial charge in [-0.25, -0.2) is 8.42 Å². The lowest BCUT2D eigenvalue weighted by Gasteiger charge is -2.33. The first-order valence-corrected chi connectivity index (χ1v) is 8.25. The summed E-state index contributed by atoms with van der Waals surface area (Å²) in [5, 5.41) is 0. The molecule has 1 aliphatic rings. The predicted molar refractivity (Wildman–Crippen MR) is 68.8 cm³/mol. The molecule has 0 amide bonds. The zero-order chi connectivity index (χ0) is 13.1. The number of hydrogen-bond donors (Lipinski definition) is 0. The van der Waals surface area contributed by atoms with Crippen LogP contribution in [0.4, 0.5) is 0 Å². The smallest absolute Gasteiger partial charge is 0.152 e. The standard InChI is InChI=1S/C12H23NO3S/c1-12(2,13-8-4-5-9-13)11(14)7-6-10-17(3,15)16/h4-10H2,1-3H3. The highest BCUT2D eigenvalue weighted by Crippen LogP contribution is 2.23. The van der Waals surface area contributed by atoms with Gasteiger partial charge in [0.1, 0.15) is 9.84 Å². The van der Waals surface area contributed by atoms with Crippen LogP contribution < -0.4 is 0 Å². The normalized spacial score (nSPS) is 18.5. The van der Waals surface area contributed by atoms with Gasteiger partial charge in [0, 0.05) is 12.7 Å². The van der Waals surface area contributed by atoms with Crippen molar-refractivity contribution < 1.29 is 13.2 Å². The van der Waals surface area contributed by atoms with E-state index in [0.717, 1.165) is 25.9 Å². The van der Waals surface area contributed by atoms with Crippen LogP contribution in [-0.4, -0.2) is 49.7 Å². The SMILES string of the molecule is CC(C)(C(=O)CCCS(C)(=O)=O)N1CCCC1. The Bertz CT molecular complexity index is 367. The summed E-state index contributed by atoms with van der Waals surface area (Å²) in [5.41, 5.74) is -0.437. The third kappa shape index (κ3) is 4.39. The van der Waals surface area contributed by atoms with E-state index in [0.29, 0.717) is 12.8 Å². The number of carbonyl (C=O) groups excluding carboxylic acids is 1. The molecule has 0 saturated carbocycles. The van der Waals surface area contributed by atoms with E-state index in [9.17, 15) is 13.2 Å². The molecule has 100 valence electrons. The number of Topliss-reactive ketones (excluding diaryl/α,β-unsaturated/α-hetero) is 1. The van der Waals surface area contributed by atoms with Gasteiger partial charge in [-0.15, -0.1) is 0 Å². The number of carbonyl (C=O) groups is 1. The highest BCUT2D eigenvalue weighted by molar-refractivity contribution is 7.90. The zero-order valence-corrected chi connectivity index (χ0v) is 11.8. The summed E-state index contributed by atoms with van der Waals surface area (Å²) in [7, 11) is -2.95. The molecule has 1 fully saturated rings. The zero-order valence-electron chi connectivity index (χ0n) is 11.0. The van der Waals surface area contributed by atoms with Crippen LogP contribution in [0.1, 0.15) is 39.5 Å². The van der Waals surface area contributed by atoms with E-state index in [1.165, 1.54) is 6.26 Å². The molecule has 0 aromatic carbocycles. The Hall–Kier alpha value is -0.420. The van der Waals surface area contributed by atoms with Crippen LogP contribution in [0.25, 0.3) is 0 Å². The second-order valence-electron chi connectivity index (χ2n) is 5.41. The highest BCUT2D eigenvalue weighted by Gasteiger charge is 2.35. The number of nitrogens with zero attached hydrogens (tertiary/aromatic N) is 1. The van der Waals surface area contributed by atoms with Crippen molar-refractivity contribution >= 4 is 15.6 Å². The van der Waals surface area contributed by atoms with Crippen molar-refractivity contribution in [2.45, 2.75) is 45.1 Å². The monoisotopic (exact) mass is 261 g/mol. The molecule has 0 spiro atoms. The average molecular weight is 261 g/mol. The van der Waals surface area contributed by atoms with E-state index in [1.807, 2.05) is 13.8 Å².